The molecule has 0 radical (unpaired) electrons. The van der Waals surface area contributed by atoms with Crippen LogP contribution < -0.4 is 10.1 Å². The van der Waals surface area contributed by atoms with Gasteiger partial charge in [-0.25, -0.2) is 4.79 Å². The lowest BCUT2D eigenvalue weighted by molar-refractivity contribution is -0.145. The van der Waals surface area contributed by atoms with Crippen molar-refractivity contribution >= 4 is 58.4 Å². The van der Waals surface area contributed by atoms with E-state index in [1.807, 2.05) is 6.26 Å². The number of ether oxygens (including phenoxy) is 2. The van der Waals surface area contributed by atoms with E-state index >= 15 is 0 Å². The fourth-order valence-electron chi connectivity index (χ4n) is 1.62. The molecule has 0 heterocycles. The number of carbonyl (C=O) groups excluding carboxylic acids is 2. The highest BCUT2D eigenvalue weighted by Gasteiger charge is 2.21. The van der Waals surface area contributed by atoms with E-state index in [1.165, 1.54) is 19.2 Å². The van der Waals surface area contributed by atoms with Crippen molar-refractivity contribution in [2.75, 3.05) is 25.7 Å². The van der Waals surface area contributed by atoms with Crippen LogP contribution in [0.2, 0.25) is 15.1 Å². The van der Waals surface area contributed by atoms with Gasteiger partial charge < -0.3 is 14.8 Å². The molecule has 128 valence electrons. The molecule has 1 amide bonds. The number of benzene rings is 1. The van der Waals surface area contributed by atoms with Gasteiger partial charge in [0.05, 0.1) is 22.2 Å². The van der Waals surface area contributed by atoms with Crippen molar-refractivity contribution in [3.8, 4) is 5.75 Å². The first-order valence-corrected chi connectivity index (χ1v) is 9.05. The smallest absolute Gasteiger partial charge is 0.328 e. The monoisotopic (exact) mass is 399 g/mol. The summed E-state index contributed by atoms with van der Waals surface area (Å²) < 4.78 is 9.97. The molecule has 0 unspecified atom stereocenters. The maximum atomic E-state index is 11.9. The predicted molar refractivity (Wildman–Crippen MR) is 93.9 cm³/mol. The molecular formula is C14H16Cl3NO4S. The van der Waals surface area contributed by atoms with Crippen LogP contribution in [0.3, 0.4) is 0 Å². The van der Waals surface area contributed by atoms with E-state index in [9.17, 15) is 9.59 Å². The first-order valence-electron chi connectivity index (χ1n) is 6.52. The highest BCUT2D eigenvalue weighted by Crippen LogP contribution is 2.33. The molecule has 9 heteroatoms. The zero-order valence-electron chi connectivity index (χ0n) is 12.5. The maximum absolute atomic E-state index is 11.9. The molecule has 0 saturated carbocycles. The van der Waals surface area contributed by atoms with Gasteiger partial charge in [-0.05, 0) is 24.5 Å². The lowest BCUT2D eigenvalue weighted by atomic mass is 10.2. The highest BCUT2D eigenvalue weighted by molar-refractivity contribution is 7.98. The summed E-state index contributed by atoms with van der Waals surface area (Å²) in [6.45, 7) is -0.315. The Balaban J connectivity index is 2.61. The third kappa shape index (κ3) is 6.67. The summed E-state index contributed by atoms with van der Waals surface area (Å²) in [5.74, 6) is -0.0296. The number of hydrogen-bond donors (Lipinski definition) is 1. The standard InChI is InChI=1S/C14H16Cl3NO4S/c1-21-14(20)11(3-4-23-2)18-13(19)7-22-12-6-9(16)8(15)5-10(12)17/h5-6,11H,3-4,7H2,1-2H3,(H,18,19)/t11-/m0/s1. The first-order chi connectivity index (χ1) is 10.9. The van der Waals surface area contributed by atoms with E-state index in [-0.39, 0.29) is 27.4 Å². The van der Waals surface area contributed by atoms with E-state index in [0.29, 0.717) is 12.2 Å². The van der Waals surface area contributed by atoms with Crippen molar-refractivity contribution in [2.24, 2.45) is 0 Å². The Morgan fingerprint density at radius 3 is 2.48 bits per heavy atom. The zero-order valence-corrected chi connectivity index (χ0v) is 15.6. The van der Waals surface area contributed by atoms with Gasteiger partial charge in [0.15, 0.2) is 6.61 Å². The average Bonchev–Trinajstić information content (AvgIpc) is 2.52. The Kier molecular flexibility index (Phi) is 8.91. The van der Waals surface area contributed by atoms with Crippen LogP contribution in [0.25, 0.3) is 0 Å². The second kappa shape index (κ2) is 10.1. The average molecular weight is 401 g/mol. The van der Waals surface area contributed by atoms with Crippen LogP contribution >= 0.6 is 46.6 Å². The van der Waals surface area contributed by atoms with Crippen LogP contribution in [0, 0.1) is 0 Å². The Morgan fingerprint density at radius 2 is 1.87 bits per heavy atom. The molecule has 0 spiro atoms. The number of halogens is 3. The van der Waals surface area contributed by atoms with Crippen molar-refractivity contribution in [1.82, 2.24) is 5.32 Å². The van der Waals surface area contributed by atoms with E-state index in [0.717, 1.165) is 0 Å². The van der Waals surface area contributed by atoms with E-state index in [1.54, 1.807) is 11.8 Å². The number of rotatable bonds is 8. The summed E-state index contributed by atoms with van der Waals surface area (Å²) in [6.07, 6.45) is 2.37. The van der Waals surface area contributed by atoms with Gasteiger partial charge in [-0.1, -0.05) is 34.8 Å². The van der Waals surface area contributed by atoms with Gasteiger partial charge in [0, 0.05) is 6.07 Å². The van der Waals surface area contributed by atoms with Gasteiger partial charge in [-0.3, -0.25) is 4.79 Å². The second-order valence-corrected chi connectivity index (χ2v) is 6.62. The molecule has 1 aromatic rings. The van der Waals surface area contributed by atoms with Crippen LogP contribution in [0.15, 0.2) is 12.1 Å². The molecule has 1 aromatic carbocycles. The van der Waals surface area contributed by atoms with Crippen molar-refractivity contribution in [2.45, 2.75) is 12.5 Å². The minimum Gasteiger partial charge on any atom is -0.482 e. The Labute approximate surface area is 153 Å². The molecule has 0 aliphatic heterocycles. The number of nitrogens with one attached hydrogen (secondary N) is 1. The second-order valence-electron chi connectivity index (χ2n) is 4.41. The van der Waals surface area contributed by atoms with Gasteiger partial charge in [0.1, 0.15) is 11.8 Å². The number of esters is 1. The first kappa shape index (κ1) is 20.2. The van der Waals surface area contributed by atoms with Crippen LogP contribution in [-0.2, 0) is 14.3 Å². The van der Waals surface area contributed by atoms with Gasteiger partial charge in [-0.2, -0.15) is 11.8 Å². The number of hydrogen-bond acceptors (Lipinski definition) is 5. The fraction of sp³-hybridized carbons (Fsp3) is 0.429. The Hall–Kier alpha value is -0.820. The molecular weight excluding hydrogens is 385 g/mol. The summed E-state index contributed by atoms with van der Waals surface area (Å²) in [6, 6.07) is 2.13. The van der Waals surface area contributed by atoms with E-state index in [4.69, 9.17) is 39.5 Å². The molecule has 0 bridgehead atoms. The summed E-state index contributed by atoms with van der Waals surface area (Å²) in [4.78, 5) is 23.5. The maximum Gasteiger partial charge on any atom is 0.328 e. The summed E-state index contributed by atoms with van der Waals surface area (Å²) in [5.41, 5.74) is 0. The largest absolute Gasteiger partial charge is 0.482 e. The Morgan fingerprint density at radius 1 is 1.22 bits per heavy atom. The van der Waals surface area contributed by atoms with Crippen molar-refractivity contribution in [1.29, 1.82) is 0 Å². The zero-order chi connectivity index (χ0) is 17.4. The van der Waals surface area contributed by atoms with E-state index in [2.05, 4.69) is 10.1 Å². The predicted octanol–water partition coefficient (Wildman–Crippen LogP) is 3.44. The summed E-state index contributed by atoms with van der Waals surface area (Å²) in [5, 5.41) is 3.35. The van der Waals surface area contributed by atoms with Crippen LogP contribution in [0.1, 0.15) is 6.42 Å². The third-order valence-corrected chi connectivity index (χ3v) is 4.43. The number of amides is 1. The molecule has 5 nitrogen and oxygen atoms in total. The topological polar surface area (TPSA) is 64.6 Å². The lowest BCUT2D eigenvalue weighted by Crippen LogP contribution is -2.43. The fourth-order valence-corrected chi connectivity index (χ4v) is 2.68. The molecule has 0 saturated heterocycles. The molecule has 1 rings (SSSR count). The number of methoxy groups -OCH3 is 1. The van der Waals surface area contributed by atoms with Crippen LogP contribution in [0.5, 0.6) is 5.75 Å². The van der Waals surface area contributed by atoms with Crippen LogP contribution in [0.4, 0.5) is 0 Å². The molecule has 1 N–H and O–H groups in total. The number of carbonyl (C=O) groups is 2. The summed E-state index contributed by atoms with van der Waals surface area (Å²) >= 11 is 19.2. The highest BCUT2D eigenvalue weighted by atomic mass is 35.5. The van der Waals surface area contributed by atoms with Crippen molar-refractivity contribution < 1.29 is 19.1 Å². The van der Waals surface area contributed by atoms with Crippen molar-refractivity contribution in [3.63, 3.8) is 0 Å². The number of thioether (sulfide) groups is 1. The van der Waals surface area contributed by atoms with E-state index < -0.39 is 17.9 Å². The summed E-state index contributed by atoms with van der Waals surface area (Å²) in [7, 11) is 1.27. The molecule has 0 fully saturated rings. The van der Waals surface area contributed by atoms with Crippen LogP contribution in [-0.4, -0.2) is 43.6 Å². The quantitative estimate of drug-likeness (QED) is 0.535. The van der Waals surface area contributed by atoms with Crippen molar-refractivity contribution in [3.05, 3.63) is 27.2 Å². The normalized spacial score (nSPS) is 11.7. The minimum atomic E-state index is -0.715. The molecule has 0 aromatic heterocycles. The minimum absolute atomic E-state index is 0.231. The SMILES string of the molecule is COC(=O)[C@H](CCSC)NC(=O)COc1cc(Cl)c(Cl)cc1Cl. The molecule has 1 atom stereocenters. The van der Waals surface area contributed by atoms with Gasteiger partial charge in [0.2, 0.25) is 0 Å². The molecule has 0 aliphatic rings. The van der Waals surface area contributed by atoms with Gasteiger partial charge in [0.25, 0.3) is 5.91 Å². The molecule has 0 aliphatic carbocycles. The lowest BCUT2D eigenvalue weighted by Gasteiger charge is -2.16. The third-order valence-electron chi connectivity index (χ3n) is 2.77. The Bertz CT molecular complexity index is 571. The van der Waals surface area contributed by atoms with Gasteiger partial charge in [-0.15, -0.1) is 0 Å². The van der Waals surface area contributed by atoms with Gasteiger partial charge >= 0.3 is 5.97 Å². The molecule has 23 heavy (non-hydrogen) atoms.